The molecule has 0 heterocycles. The molecule has 0 spiro atoms. The van der Waals surface area contributed by atoms with Crippen LogP contribution in [0.3, 0.4) is 0 Å². The Balaban J connectivity index is 1.97. The van der Waals surface area contributed by atoms with E-state index < -0.39 is 0 Å². The predicted molar refractivity (Wildman–Crippen MR) is 89.7 cm³/mol. The molecule has 0 aliphatic carbocycles. The number of ether oxygens (including phenoxy) is 1. The number of nitrogens with zero attached hydrogens (tertiary/aromatic N) is 1. The van der Waals surface area contributed by atoms with Crippen LogP contribution in [0.5, 0.6) is 5.75 Å². The molecule has 6 heteroatoms. The molecule has 0 bridgehead atoms. The molecule has 0 saturated heterocycles. The maximum atomic E-state index is 5.93. The zero-order chi connectivity index (χ0) is 15.1. The van der Waals surface area contributed by atoms with Crippen LogP contribution < -0.4 is 15.9 Å². The summed E-state index contributed by atoms with van der Waals surface area (Å²) in [4.78, 5) is 0. The summed E-state index contributed by atoms with van der Waals surface area (Å²) in [5, 5.41) is 4.72. The second kappa shape index (κ2) is 7.61. The van der Waals surface area contributed by atoms with E-state index in [-0.39, 0.29) is 5.11 Å². The Hall–Kier alpha value is -2.11. The van der Waals surface area contributed by atoms with Crippen molar-refractivity contribution in [2.24, 2.45) is 10.8 Å². The molecule has 2 aromatic carbocycles. The van der Waals surface area contributed by atoms with Gasteiger partial charge in [0, 0.05) is 5.02 Å². The smallest absolute Gasteiger partial charge is 0.184 e. The molecule has 0 fully saturated rings. The molecule has 2 aromatic rings. The summed E-state index contributed by atoms with van der Waals surface area (Å²) in [6.45, 7) is 0.451. The number of benzene rings is 2. The molecule has 3 N–H and O–H groups in total. The van der Waals surface area contributed by atoms with E-state index in [4.69, 9.17) is 22.1 Å². The van der Waals surface area contributed by atoms with Crippen molar-refractivity contribution >= 4 is 35.1 Å². The minimum Gasteiger partial charge on any atom is -0.489 e. The van der Waals surface area contributed by atoms with Gasteiger partial charge in [-0.25, -0.2) is 0 Å². The highest BCUT2D eigenvalue weighted by Gasteiger charge is 1.98. The van der Waals surface area contributed by atoms with Gasteiger partial charge in [0.25, 0.3) is 0 Å². The Bertz CT molecular complexity index is 661. The molecule has 0 atom stereocenters. The molecule has 108 valence electrons. The Morgan fingerprint density at radius 3 is 2.86 bits per heavy atom. The molecule has 0 unspecified atom stereocenters. The first-order valence-electron chi connectivity index (χ1n) is 6.19. The molecule has 2 rings (SSSR count). The minimum absolute atomic E-state index is 0.125. The highest BCUT2D eigenvalue weighted by atomic mass is 35.5. The monoisotopic (exact) mass is 319 g/mol. The summed E-state index contributed by atoms with van der Waals surface area (Å²) < 4.78 is 5.72. The second-order valence-electron chi connectivity index (χ2n) is 4.23. The van der Waals surface area contributed by atoms with E-state index in [0.29, 0.717) is 11.6 Å². The molecule has 0 saturated carbocycles. The van der Waals surface area contributed by atoms with Gasteiger partial charge in [0.1, 0.15) is 12.4 Å². The van der Waals surface area contributed by atoms with E-state index in [9.17, 15) is 0 Å². The van der Waals surface area contributed by atoms with Crippen molar-refractivity contribution in [2.45, 2.75) is 6.61 Å². The van der Waals surface area contributed by atoms with Crippen molar-refractivity contribution in [2.75, 3.05) is 0 Å². The Labute approximate surface area is 133 Å². The van der Waals surface area contributed by atoms with Gasteiger partial charge in [-0.1, -0.05) is 35.9 Å². The van der Waals surface area contributed by atoms with Gasteiger partial charge in [-0.3, -0.25) is 5.43 Å². The Morgan fingerprint density at radius 1 is 1.29 bits per heavy atom. The average molecular weight is 320 g/mol. The number of thiocarbonyl (C=S) groups is 1. The standard InChI is InChI=1S/C15H14ClN3OS/c16-13-5-1-4-12(7-13)10-20-14-6-2-3-11(8-14)9-18-19-15(17)21/h1-9H,10H2,(H3,17,19,21)/b18-9-. The number of rotatable bonds is 5. The lowest BCUT2D eigenvalue weighted by atomic mass is 10.2. The van der Waals surface area contributed by atoms with Gasteiger partial charge < -0.3 is 10.5 Å². The van der Waals surface area contributed by atoms with Gasteiger partial charge in [0.2, 0.25) is 0 Å². The molecular formula is C15H14ClN3OS. The summed E-state index contributed by atoms with van der Waals surface area (Å²) in [7, 11) is 0. The van der Waals surface area contributed by atoms with Gasteiger partial charge in [0.05, 0.1) is 6.21 Å². The molecular weight excluding hydrogens is 306 g/mol. The molecule has 21 heavy (non-hydrogen) atoms. The van der Waals surface area contributed by atoms with E-state index in [1.807, 2.05) is 48.5 Å². The number of halogens is 1. The van der Waals surface area contributed by atoms with E-state index >= 15 is 0 Å². The van der Waals surface area contributed by atoms with Crippen LogP contribution in [-0.2, 0) is 6.61 Å². The lowest BCUT2D eigenvalue weighted by molar-refractivity contribution is 0.306. The third kappa shape index (κ3) is 5.41. The van der Waals surface area contributed by atoms with Gasteiger partial charge in [-0.05, 0) is 47.6 Å². The van der Waals surface area contributed by atoms with Crippen LogP contribution in [0.1, 0.15) is 11.1 Å². The van der Waals surface area contributed by atoms with E-state index in [2.05, 4.69) is 22.7 Å². The van der Waals surface area contributed by atoms with Crippen LogP contribution >= 0.6 is 23.8 Å². The highest BCUT2D eigenvalue weighted by Crippen LogP contribution is 2.16. The van der Waals surface area contributed by atoms with Crippen LogP contribution in [0, 0.1) is 0 Å². The molecule has 0 amide bonds. The SMILES string of the molecule is NC(=S)N/N=C\c1cccc(OCc2cccc(Cl)c2)c1. The van der Waals surface area contributed by atoms with Crippen molar-refractivity contribution < 1.29 is 4.74 Å². The van der Waals surface area contributed by atoms with Gasteiger partial charge in [-0.15, -0.1) is 0 Å². The summed E-state index contributed by atoms with van der Waals surface area (Å²) >= 11 is 10.6. The maximum Gasteiger partial charge on any atom is 0.184 e. The second-order valence-corrected chi connectivity index (χ2v) is 5.10. The van der Waals surface area contributed by atoms with Crippen LogP contribution in [0.15, 0.2) is 53.6 Å². The summed E-state index contributed by atoms with van der Waals surface area (Å²) in [6.07, 6.45) is 1.62. The van der Waals surface area contributed by atoms with E-state index in [1.165, 1.54) is 0 Å². The van der Waals surface area contributed by atoms with E-state index in [0.717, 1.165) is 16.9 Å². The summed E-state index contributed by atoms with van der Waals surface area (Å²) in [5.41, 5.74) is 9.67. The average Bonchev–Trinajstić information content (AvgIpc) is 2.45. The Morgan fingerprint density at radius 2 is 2.10 bits per heavy atom. The quantitative estimate of drug-likeness (QED) is 0.505. The first kappa shape index (κ1) is 15.3. The number of nitrogens with one attached hydrogen (secondary N) is 1. The third-order valence-corrected chi connectivity index (χ3v) is 2.87. The third-order valence-electron chi connectivity index (χ3n) is 2.54. The zero-order valence-electron chi connectivity index (χ0n) is 11.1. The lowest BCUT2D eigenvalue weighted by Gasteiger charge is -2.07. The van der Waals surface area contributed by atoms with Crippen molar-refractivity contribution in [3.8, 4) is 5.75 Å². The molecule has 0 aliphatic rings. The van der Waals surface area contributed by atoms with Gasteiger partial charge >= 0.3 is 0 Å². The first-order chi connectivity index (χ1) is 10.1. The van der Waals surface area contributed by atoms with Crippen LogP contribution in [0.25, 0.3) is 0 Å². The largest absolute Gasteiger partial charge is 0.489 e. The minimum atomic E-state index is 0.125. The molecule has 0 aliphatic heterocycles. The maximum absolute atomic E-state index is 5.93. The molecule has 0 aromatic heterocycles. The van der Waals surface area contributed by atoms with Crippen LogP contribution in [0.2, 0.25) is 5.02 Å². The normalized spacial score (nSPS) is 10.5. The van der Waals surface area contributed by atoms with Gasteiger partial charge in [0.15, 0.2) is 5.11 Å². The number of hydrazone groups is 1. The van der Waals surface area contributed by atoms with Crippen molar-refractivity contribution in [3.05, 3.63) is 64.7 Å². The lowest BCUT2D eigenvalue weighted by Crippen LogP contribution is -2.23. The fraction of sp³-hybridized carbons (Fsp3) is 0.0667. The van der Waals surface area contributed by atoms with Crippen molar-refractivity contribution in [3.63, 3.8) is 0 Å². The van der Waals surface area contributed by atoms with Crippen molar-refractivity contribution in [1.82, 2.24) is 5.43 Å². The van der Waals surface area contributed by atoms with Crippen molar-refractivity contribution in [1.29, 1.82) is 0 Å². The van der Waals surface area contributed by atoms with Crippen LogP contribution in [0.4, 0.5) is 0 Å². The first-order valence-corrected chi connectivity index (χ1v) is 6.98. The number of hydrogen-bond acceptors (Lipinski definition) is 3. The Kier molecular flexibility index (Phi) is 5.54. The fourth-order valence-electron chi connectivity index (χ4n) is 1.65. The summed E-state index contributed by atoms with van der Waals surface area (Å²) in [6, 6.07) is 15.1. The molecule has 4 nitrogen and oxygen atoms in total. The summed E-state index contributed by atoms with van der Waals surface area (Å²) in [5.74, 6) is 0.745. The van der Waals surface area contributed by atoms with Crippen LogP contribution in [-0.4, -0.2) is 11.3 Å². The zero-order valence-corrected chi connectivity index (χ0v) is 12.7. The highest BCUT2D eigenvalue weighted by molar-refractivity contribution is 7.80. The van der Waals surface area contributed by atoms with E-state index in [1.54, 1.807) is 6.21 Å². The predicted octanol–water partition coefficient (Wildman–Crippen LogP) is 3.09. The molecule has 0 radical (unpaired) electrons. The topological polar surface area (TPSA) is 59.6 Å². The van der Waals surface area contributed by atoms with Gasteiger partial charge in [-0.2, -0.15) is 5.10 Å². The number of nitrogens with two attached hydrogens (primary N) is 1. The number of hydrogen-bond donors (Lipinski definition) is 2. The fourth-order valence-corrected chi connectivity index (χ4v) is 1.91.